The van der Waals surface area contributed by atoms with Crippen molar-refractivity contribution in [2.75, 3.05) is 4.72 Å². The minimum Gasteiger partial charge on any atom is -0.478 e. The highest BCUT2D eigenvalue weighted by Gasteiger charge is 2.20. The molecular formula is C19H11F4NO4S. The predicted octanol–water partition coefficient (Wildman–Crippen LogP) is 4.41. The molecule has 0 heterocycles. The zero-order valence-corrected chi connectivity index (χ0v) is 15.1. The summed E-state index contributed by atoms with van der Waals surface area (Å²) in [6, 6.07) is 8.38. The molecule has 0 unspecified atom stereocenters. The van der Waals surface area contributed by atoms with Gasteiger partial charge < -0.3 is 5.11 Å². The highest BCUT2D eigenvalue weighted by molar-refractivity contribution is 7.92. The van der Waals surface area contributed by atoms with E-state index in [4.69, 9.17) is 5.11 Å². The van der Waals surface area contributed by atoms with Gasteiger partial charge in [0, 0.05) is 12.1 Å². The first-order valence-electron chi connectivity index (χ1n) is 7.88. The molecule has 0 aliphatic heterocycles. The summed E-state index contributed by atoms with van der Waals surface area (Å²) in [6.45, 7) is 0. The predicted molar refractivity (Wildman–Crippen MR) is 95.9 cm³/mol. The lowest BCUT2D eigenvalue weighted by Crippen LogP contribution is -2.15. The SMILES string of the molecule is O=C(O)c1cc(F)c(NS(=O)(=O)c2ccc(-c3cc(F)cc(F)c3)cc2)cc1F. The number of carboxylic acids is 1. The molecule has 3 rings (SSSR count). The summed E-state index contributed by atoms with van der Waals surface area (Å²) in [5.74, 6) is -5.92. The number of halogens is 4. The molecule has 29 heavy (non-hydrogen) atoms. The van der Waals surface area contributed by atoms with Crippen molar-refractivity contribution in [2.45, 2.75) is 4.90 Å². The molecule has 0 bridgehead atoms. The molecule has 0 radical (unpaired) electrons. The van der Waals surface area contributed by atoms with E-state index >= 15 is 0 Å². The van der Waals surface area contributed by atoms with Gasteiger partial charge in [-0.25, -0.2) is 30.8 Å². The maximum absolute atomic E-state index is 14.0. The van der Waals surface area contributed by atoms with Gasteiger partial charge in [0.05, 0.1) is 16.1 Å². The monoisotopic (exact) mass is 425 g/mol. The Morgan fingerprint density at radius 3 is 1.93 bits per heavy atom. The molecule has 0 fully saturated rings. The van der Waals surface area contributed by atoms with Gasteiger partial charge in [-0.2, -0.15) is 0 Å². The van der Waals surface area contributed by atoms with Crippen molar-refractivity contribution in [3.63, 3.8) is 0 Å². The molecule has 10 heteroatoms. The van der Waals surface area contributed by atoms with E-state index in [-0.39, 0.29) is 10.5 Å². The van der Waals surface area contributed by atoms with Crippen molar-refractivity contribution in [3.05, 3.63) is 83.4 Å². The van der Waals surface area contributed by atoms with Crippen molar-refractivity contribution in [2.24, 2.45) is 0 Å². The van der Waals surface area contributed by atoms with Crippen LogP contribution in [0.25, 0.3) is 11.1 Å². The first-order valence-corrected chi connectivity index (χ1v) is 9.37. The molecule has 0 spiro atoms. The van der Waals surface area contributed by atoms with E-state index in [0.717, 1.165) is 24.3 Å². The quantitative estimate of drug-likeness (QED) is 0.594. The van der Waals surface area contributed by atoms with Crippen molar-refractivity contribution in [3.8, 4) is 11.1 Å². The fraction of sp³-hybridized carbons (Fsp3) is 0. The van der Waals surface area contributed by atoms with E-state index in [1.807, 2.05) is 4.72 Å². The summed E-state index contributed by atoms with van der Waals surface area (Å²) in [6.07, 6.45) is 0. The van der Waals surface area contributed by atoms with Gasteiger partial charge in [0.25, 0.3) is 10.0 Å². The minimum atomic E-state index is -4.35. The van der Waals surface area contributed by atoms with Crippen LogP contribution in [0.4, 0.5) is 23.2 Å². The Labute approximate surface area is 162 Å². The number of sulfonamides is 1. The highest BCUT2D eigenvalue weighted by Crippen LogP contribution is 2.26. The zero-order chi connectivity index (χ0) is 21.3. The van der Waals surface area contributed by atoms with Gasteiger partial charge in [0.15, 0.2) is 0 Å². The lowest BCUT2D eigenvalue weighted by atomic mass is 10.1. The van der Waals surface area contributed by atoms with Gasteiger partial charge in [-0.05, 0) is 41.5 Å². The standard InChI is InChI=1S/C19H11F4NO4S/c20-12-5-11(6-13(21)7-12)10-1-3-14(4-2-10)29(27,28)24-18-9-16(22)15(19(25)26)8-17(18)23/h1-9,24H,(H,25,26). The van der Waals surface area contributed by atoms with E-state index in [2.05, 4.69) is 0 Å². The van der Waals surface area contributed by atoms with Gasteiger partial charge in [0.2, 0.25) is 0 Å². The first kappa shape index (κ1) is 20.3. The average molecular weight is 425 g/mol. The van der Waals surface area contributed by atoms with Crippen LogP contribution in [-0.2, 0) is 10.0 Å². The van der Waals surface area contributed by atoms with Gasteiger partial charge in [-0.3, -0.25) is 4.72 Å². The Hall–Kier alpha value is -3.40. The topological polar surface area (TPSA) is 83.5 Å². The number of hydrogen-bond acceptors (Lipinski definition) is 3. The van der Waals surface area contributed by atoms with E-state index < -0.39 is 50.5 Å². The van der Waals surface area contributed by atoms with Crippen LogP contribution in [0.1, 0.15) is 10.4 Å². The molecular weight excluding hydrogens is 414 g/mol. The first-order chi connectivity index (χ1) is 13.6. The van der Waals surface area contributed by atoms with Crippen LogP contribution in [0.5, 0.6) is 0 Å². The lowest BCUT2D eigenvalue weighted by Gasteiger charge is -2.11. The molecule has 150 valence electrons. The average Bonchev–Trinajstić information content (AvgIpc) is 2.63. The summed E-state index contributed by atoms with van der Waals surface area (Å²) in [5.41, 5.74) is -1.22. The number of benzene rings is 3. The smallest absolute Gasteiger partial charge is 0.338 e. The van der Waals surface area contributed by atoms with Crippen molar-refractivity contribution in [1.29, 1.82) is 0 Å². The second kappa shape index (κ2) is 7.55. The summed E-state index contributed by atoms with van der Waals surface area (Å²) in [4.78, 5) is 10.5. The maximum Gasteiger partial charge on any atom is 0.338 e. The highest BCUT2D eigenvalue weighted by atomic mass is 32.2. The van der Waals surface area contributed by atoms with Crippen LogP contribution in [-0.4, -0.2) is 19.5 Å². The normalized spacial score (nSPS) is 11.3. The third kappa shape index (κ3) is 4.37. The number of nitrogens with one attached hydrogen (secondary N) is 1. The largest absolute Gasteiger partial charge is 0.478 e. The van der Waals surface area contributed by atoms with Crippen LogP contribution in [0.2, 0.25) is 0 Å². The zero-order valence-electron chi connectivity index (χ0n) is 14.3. The van der Waals surface area contributed by atoms with E-state index in [1.54, 1.807) is 0 Å². The van der Waals surface area contributed by atoms with Gasteiger partial charge in [-0.15, -0.1) is 0 Å². The van der Waals surface area contributed by atoms with E-state index in [1.165, 1.54) is 12.1 Å². The second-order valence-electron chi connectivity index (χ2n) is 5.91. The molecule has 5 nitrogen and oxygen atoms in total. The Kier molecular flexibility index (Phi) is 5.29. The molecule has 0 aromatic heterocycles. The number of hydrogen-bond donors (Lipinski definition) is 2. The number of aromatic carboxylic acids is 1. The molecule has 2 N–H and O–H groups in total. The third-order valence-electron chi connectivity index (χ3n) is 3.89. The Morgan fingerprint density at radius 1 is 0.793 bits per heavy atom. The fourth-order valence-corrected chi connectivity index (χ4v) is 3.60. The Bertz CT molecular complexity index is 1190. The van der Waals surface area contributed by atoms with Gasteiger partial charge >= 0.3 is 5.97 Å². The second-order valence-corrected chi connectivity index (χ2v) is 7.59. The maximum atomic E-state index is 14.0. The molecule has 0 aliphatic carbocycles. The van der Waals surface area contributed by atoms with Gasteiger partial charge in [-0.1, -0.05) is 12.1 Å². The summed E-state index contributed by atoms with van der Waals surface area (Å²) in [5, 5.41) is 8.75. The minimum absolute atomic E-state index is 0.178. The van der Waals surface area contributed by atoms with Crippen LogP contribution in [0.15, 0.2) is 59.5 Å². The molecule has 0 aliphatic rings. The van der Waals surface area contributed by atoms with Gasteiger partial charge in [0.1, 0.15) is 23.3 Å². The Morgan fingerprint density at radius 2 is 1.38 bits per heavy atom. The van der Waals surface area contributed by atoms with Crippen LogP contribution in [0.3, 0.4) is 0 Å². The molecule has 3 aromatic carbocycles. The fourth-order valence-electron chi connectivity index (χ4n) is 2.54. The summed E-state index contributed by atoms with van der Waals surface area (Å²) >= 11 is 0. The van der Waals surface area contributed by atoms with Crippen molar-refractivity contribution in [1.82, 2.24) is 0 Å². The van der Waals surface area contributed by atoms with Crippen molar-refractivity contribution < 1.29 is 35.9 Å². The van der Waals surface area contributed by atoms with Crippen molar-refractivity contribution >= 4 is 21.7 Å². The summed E-state index contributed by atoms with van der Waals surface area (Å²) < 4.78 is 81.0. The number of rotatable bonds is 5. The third-order valence-corrected chi connectivity index (χ3v) is 5.27. The molecule has 0 saturated carbocycles. The lowest BCUT2D eigenvalue weighted by molar-refractivity contribution is 0.0691. The Balaban J connectivity index is 1.90. The molecule has 0 amide bonds. The van der Waals surface area contributed by atoms with Crippen LogP contribution in [0, 0.1) is 23.3 Å². The van der Waals surface area contributed by atoms with E-state index in [0.29, 0.717) is 23.8 Å². The van der Waals surface area contributed by atoms with Crippen LogP contribution < -0.4 is 4.72 Å². The number of carboxylic acid groups (broad SMARTS) is 1. The number of anilines is 1. The molecule has 0 saturated heterocycles. The summed E-state index contributed by atoms with van der Waals surface area (Å²) in [7, 11) is -4.35. The van der Waals surface area contributed by atoms with Crippen LogP contribution >= 0.6 is 0 Å². The number of carbonyl (C=O) groups is 1. The molecule has 0 atom stereocenters. The molecule has 3 aromatic rings. The van der Waals surface area contributed by atoms with E-state index in [9.17, 15) is 30.8 Å².